The Bertz CT molecular complexity index is 647. The van der Waals surface area contributed by atoms with Gasteiger partial charge in [0.15, 0.2) is 17.4 Å². The van der Waals surface area contributed by atoms with Gasteiger partial charge in [0.25, 0.3) is 0 Å². The number of benzene rings is 1. The van der Waals surface area contributed by atoms with Crippen LogP contribution in [0.2, 0.25) is 0 Å². The van der Waals surface area contributed by atoms with Gasteiger partial charge in [-0.15, -0.1) is 0 Å². The lowest BCUT2D eigenvalue weighted by Gasteiger charge is -2.08. The summed E-state index contributed by atoms with van der Waals surface area (Å²) in [6.45, 7) is 0.0385. The highest BCUT2D eigenvalue weighted by molar-refractivity contribution is 5.95. The Labute approximate surface area is 113 Å². The van der Waals surface area contributed by atoms with Crippen molar-refractivity contribution in [2.75, 3.05) is 0 Å². The van der Waals surface area contributed by atoms with Crippen LogP contribution in [0.25, 0.3) is 0 Å². The van der Waals surface area contributed by atoms with E-state index in [-0.39, 0.29) is 23.9 Å². The molecule has 0 fully saturated rings. The summed E-state index contributed by atoms with van der Waals surface area (Å²) >= 11 is 0. The Balaban J connectivity index is 2.11. The highest BCUT2D eigenvalue weighted by Crippen LogP contribution is 2.19. The summed E-state index contributed by atoms with van der Waals surface area (Å²) in [7, 11) is 0. The molecule has 1 aromatic carbocycles. The van der Waals surface area contributed by atoms with Crippen molar-refractivity contribution in [1.29, 1.82) is 0 Å². The average Bonchev–Trinajstić information content (AvgIpc) is 2.46. The van der Waals surface area contributed by atoms with Crippen LogP contribution in [0.15, 0.2) is 41.7 Å². The van der Waals surface area contributed by atoms with E-state index < -0.39 is 11.6 Å². The first kappa shape index (κ1) is 13.7. The first-order chi connectivity index (χ1) is 9.60. The minimum absolute atomic E-state index is 0.0385. The second-order valence-corrected chi connectivity index (χ2v) is 3.90. The van der Waals surface area contributed by atoms with Gasteiger partial charge in [0.05, 0.1) is 0 Å². The van der Waals surface area contributed by atoms with Gasteiger partial charge in [0.2, 0.25) is 0 Å². The predicted octanol–water partition coefficient (Wildman–Crippen LogP) is 2.03. The number of oxime groups is 1. The third-order valence-electron chi connectivity index (χ3n) is 2.48. The minimum atomic E-state index is -0.782. The number of ether oxygens (including phenoxy) is 1. The molecule has 0 atom stereocenters. The molecule has 0 spiro atoms. The molecule has 0 aliphatic rings. The average molecular weight is 279 g/mol. The van der Waals surface area contributed by atoms with Crippen molar-refractivity contribution in [1.82, 2.24) is 4.98 Å². The fraction of sp³-hybridized carbons (Fsp3) is 0.0769. The van der Waals surface area contributed by atoms with Gasteiger partial charge < -0.3 is 15.7 Å². The Hall–Kier alpha value is -2.70. The first-order valence-corrected chi connectivity index (χ1v) is 5.61. The number of aromatic nitrogens is 1. The second-order valence-electron chi connectivity index (χ2n) is 3.90. The minimum Gasteiger partial charge on any atom is -0.486 e. The predicted molar refractivity (Wildman–Crippen MR) is 67.4 cm³/mol. The Kier molecular flexibility index (Phi) is 4.09. The smallest absolute Gasteiger partial charge is 0.188 e. The monoisotopic (exact) mass is 279 g/mol. The SMILES string of the molecule is NC(=NO)c1cc(COc2ccc(F)cc2F)ccn1. The molecular formula is C13H11F2N3O2. The molecule has 0 aliphatic carbocycles. The second kappa shape index (κ2) is 5.96. The molecule has 0 saturated carbocycles. The van der Waals surface area contributed by atoms with Crippen LogP contribution in [0, 0.1) is 11.6 Å². The fourth-order valence-electron chi connectivity index (χ4n) is 1.51. The maximum absolute atomic E-state index is 13.4. The molecule has 5 nitrogen and oxygen atoms in total. The molecule has 0 unspecified atom stereocenters. The van der Waals surface area contributed by atoms with Gasteiger partial charge in [0.1, 0.15) is 18.1 Å². The maximum atomic E-state index is 13.4. The molecule has 0 amide bonds. The van der Waals surface area contributed by atoms with Gasteiger partial charge in [0, 0.05) is 12.3 Å². The van der Waals surface area contributed by atoms with E-state index in [0.29, 0.717) is 5.56 Å². The van der Waals surface area contributed by atoms with Crippen molar-refractivity contribution in [2.24, 2.45) is 10.9 Å². The number of pyridine rings is 1. The molecular weight excluding hydrogens is 268 g/mol. The number of halogens is 2. The molecule has 104 valence electrons. The third kappa shape index (κ3) is 3.19. The normalized spacial score (nSPS) is 11.4. The summed E-state index contributed by atoms with van der Waals surface area (Å²) in [6.07, 6.45) is 1.45. The lowest BCUT2D eigenvalue weighted by atomic mass is 10.2. The number of hydrogen-bond donors (Lipinski definition) is 2. The molecule has 20 heavy (non-hydrogen) atoms. The highest BCUT2D eigenvalue weighted by Gasteiger charge is 2.06. The number of nitrogens with two attached hydrogens (primary N) is 1. The quantitative estimate of drug-likeness (QED) is 0.388. The van der Waals surface area contributed by atoms with E-state index in [1.165, 1.54) is 18.3 Å². The van der Waals surface area contributed by atoms with Crippen LogP contribution in [-0.4, -0.2) is 16.0 Å². The summed E-state index contributed by atoms with van der Waals surface area (Å²) < 4.78 is 31.3. The summed E-state index contributed by atoms with van der Waals surface area (Å²) in [4.78, 5) is 3.90. The van der Waals surface area contributed by atoms with Crippen molar-refractivity contribution in [3.05, 3.63) is 59.4 Å². The van der Waals surface area contributed by atoms with E-state index in [4.69, 9.17) is 15.7 Å². The fourth-order valence-corrected chi connectivity index (χ4v) is 1.51. The third-order valence-corrected chi connectivity index (χ3v) is 2.48. The van der Waals surface area contributed by atoms with Crippen molar-refractivity contribution in [2.45, 2.75) is 6.61 Å². The largest absolute Gasteiger partial charge is 0.486 e. The van der Waals surface area contributed by atoms with Crippen LogP contribution in [-0.2, 0) is 6.61 Å². The molecule has 2 aromatic rings. The van der Waals surface area contributed by atoms with Gasteiger partial charge in [-0.25, -0.2) is 8.78 Å². The van der Waals surface area contributed by atoms with E-state index >= 15 is 0 Å². The standard InChI is InChI=1S/C13H11F2N3O2/c14-9-1-2-12(10(15)6-9)20-7-8-3-4-17-11(5-8)13(16)18-19/h1-6,19H,7H2,(H2,16,18). The molecule has 2 rings (SSSR count). The van der Waals surface area contributed by atoms with Crippen molar-refractivity contribution < 1.29 is 18.7 Å². The molecule has 3 N–H and O–H groups in total. The van der Waals surface area contributed by atoms with Crippen molar-refractivity contribution in [3.63, 3.8) is 0 Å². The first-order valence-electron chi connectivity index (χ1n) is 5.61. The zero-order valence-electron chi connectivity index (χ0n) is 10.3. The number of amidine groups is 1. The Morgan fingerprint density at radius 1 is 1.30 bits per heavy atom. The number of rotatable bonds is 4. The van der Waals surface area contributed by atoms with Crippen molar-refractivity contribution in [3.8, 4) is 5.75 Å². The maximum Gasteiger partial charge on any atom is 0.188 e. The Morgan fingerprint density at radius 2 is 2.10 bits per heavy atom. The topological polar surface area (TPSA) is 80.7 Å². The lowest BCUT2D eigenvalue weighted by molar-refractivity contribution is 0.289. The molecule has 0 bridgehead atoms. The molecule has 0 radical (unpaired) electrons. The summed E-state index contributed by atoms with van der Waals surface area (Å²) in [5.41, 5.74) is 6.32. The number of hydrogen-bond acceptors (Lipinski definition) is 4. The lowest BCUT2D eigenvalue weighted by Crippen LogP contribution is -2.15. The van der Waals surface area contributed by atoms with E-state index in [1.54, 1.807) is 6.07 Å². The van der Waals surface area contributed by atoms with E-state index in [2.05, 4.69) is 10.1 Å². The van der Waals surface area contributed by atoms with Crippen LogP contribution in [0.1, 0.15) is 11.3 Å². The van der Waals surface area contributed by atoms with Crippen LogP contribution in [0.4, 0.5) is 8.78 Å². The van der Waals surface area contributed by atoms with Crippen LogP contribution < -0.4 is 10.5 Å². The summed E-state index contributed by atoms with van der Waals surface area (Å²) in [5.74, 6) is -1.66. The Morgan fingerprint density at radius 3 is 2.80 bits per heavy atom. The van der Waals surface area contributed by atoms with Gasteiger partial charge in [-0.2, -0.15) is 0 Å². The summed E-state index contributed by atoms with van der Waals surface area (Å²) in [6, 6.07) is 6.22. The van der Waals surface area contributed by atoms with Crippen LogP contribution >= 0.6 is 0 Å². The van der Waals surface area contributed by atoms with Gasteiger partial charge in [-0.05, 0) is 29.8 Å². The molecule has 0 saturated heterocycles. The molecule has 0 aliphatic heterocycles. The van der Waals surface area contributed by atoms with E-state index in [0.717, 1.165) is 12.1 Å². The van der Waals surface area contributed by atoms with Gasteiger partial charge in [-0.1, -0.05) is 5.16 Å². The number of nitrogens with zero attached hydrogens (tertiary/aromatic N) is 2. The summed E-state index contributed by atoms with van der Waals surface area (Å²) in [5, 5.41) is 11.4. The van der Waals surface area contributed by atoms with Gasteiger partial charge >= 0.3 is 0 Å². The molecule has 1 aromatic heterocycles. The van der Waals surface area contributed by atoms with Crippen LogP contribution in [0.5, 0.6) is 5.75 Å². The van der Waals surface area contributed by atoms with Crippen LogP contribution in [0.3, 0.4) is 0 Å². The van der Waals surface area contributed by atoms with Gasteiger partial charge in [-0.3, -0.25) is 4.98 Å². The molecule has 1 heterocycles. The highest BCUT2D eigenvalue weighted by atomic mass is 19.1. The van der Waals surface area contributed by atoms with E-state index in [1.807, 2.05) is 0 Å². The van der Waals surface area contributed by atoms with Crippen molar-refractivity contribution >= 4 is 5.84 Å². The zero-order chi connectivity index (χ0) is 14.5. The zero-order valence-corrected chi connectivity index (χ0v) is 10.3. The molecule has 7 heteroatoms. The van der Waals surface area contributed by atoms with E-state index in [9.17, 15) is 8.78 Å².